The van der Waals surface area contributed by atoms with Crippen LogP contribution in [0.15, 0.2) is 48.5 Å². The molecule has 1 fully saturated rings. The second-order valence-corrected chi connectivity index (χ2v) is 9.20. The first-order valence-corrected chi connectivity index (χ1v) is 12.3. The molecule has 1 saturated heterocycles. The fraction of sp³-hybridized carbons (Fsp3) is 0.370. The molecule has 5 rings (SSSR count). The first-order chi connectivity index (χ1) is 17.4. The number of hydrogen-bond acceptors (Lipinski definition) is 6. The van der Waals surface area contributed by atoms with Gasteiger partial charge in [-0.1, -0.05) is 12.1 Å². The van der Waals surface area contributed by atoms with Crippen LogP contribution in [0.1, 0.15) is 28.5 Å². The normalized spacial score (nSPS) is 15.6. The van der Waals surface area contributed by atoms with Gasteiger partial charge in [0.05, 0.1) is 17.9 Å². The minimum Gasteiger partial charge on any atom is -0.366 e. The zero-order valence-corrected chi connectivity index (χ0v) is 20.6. The predicted molar refractivity (Wildman–Crippen MR) is 137 cm³/mol. The van der Waals surface area contributed by atoms with Crippen LogP contribution in [0, 0.1) is 11.6 Å². The van der Waals surface area contributed by atoms with E-state index in [4.69, 9.17) is 9.97 Å². The van der Waals surface area contributed by atoms with E-state index in [1.807, 2.05) is 19.2 Å². The highest BCUT2D eigenvalue weighted by Crippen LogP contribution is 2.30. The number of fused-ring (bicyclic) bond motifs is 1. The van der Waals surface area contributed by atoms with Gasteiger partial charge in [0.25, 0.3) is 5.91 Å². The average molecular weight is 493 g/mol. The number of aromatic nitrogens is 2. The van der Waals surface area contributed by atoms with Crippen LogP contribution >= 0.6 is 0 Å². The van der Waals surface area contributed by atoms with Gasteiger partial charge in [-0.3, -0.25) is 4.79 Å². The van der Waals surface area contributed by atoms with E-state index < -0.39 is 0 Å². The van der Waals surface area contributed by atoms with Crippen molar-refractivity contribution in [2.75, 3.05) is 61.0 Å². The summed E-state index contributed by atoms with van der Waals surface area (Å²) in [5.74, 6) is 0.806. The standard InChI is InChI=1S/C27H30F2N6O/c1-3-32(2)25-21-18-35(26(36)19-8-10-20(28)11-9-19)13-12-23(21)30-27(31-25)34-16-14-33(15-17-34)24-7-5-4-6-22(24)29/h4-11H,3,12-18H2,1-2H3. The number of amides is 1. The van der Waals surface area contributed by atoms with Crippen molar-refractivity contribution in [3.63, 3.8) is 0 Å². The third-order valence-electron chi connectivity index (χ3n) is 7.00. The maximum Gasteiger partial charge on any atom is 0.254 e. The Morgan fingerprint density at radius 2 is 1.64 bits per heavy atom. The molecule has 1 aromatic heterocycles. The first-order valence-electron chi connectivity index (χ1n) is 12.3. The number of anilines is 3. The van der Waals surface area contributed by atoms with E-state index in [9.17, 15) is 13.6 Å². The lowest BCUT2D eigenvalue weighted by Gasteiger charge is -2.37. The largest absolute Gasteiger partial charge is 0.366 e. The highest BCUT2D eigenvalue weighted by molar-refractivity contribution is 5.94. The number of para-hydroxylation sites is 1. The zero-order chi connectivity index (χ0) is 25.2. The van der Waals surface area contributed by atoms with E-state index in [2.05, 4.69) is 21.6 Å². The smallest absolute Gasteiger partial charge is 0.254 e. The summed E-state index contributed by atoms with van der Waals surface area (Å²) in [6, 6.07) is 12.5. The highest BCUT2D eigenvalue weighted by Gasteiger charge is 2.29. The van der Waals surface area contributed by atoms with Gasteiger partial charge in [-0.15, -0.1) is 0 Å². The van der Waals surface area contributed by atoms with Gasteiger partial charge in [0, 0.05) is 63.9 Å². The van der Waals surface area contributed by atoms with Gasteiger partial charge in [-0.2, -0.15) is 4.98 Å². The summed E-state index contributed by atoms with van der Waals surface area (Å²) in [5, 5.41) is 0. The molecule has 2 aromatic carbocycles. The molecule has 0 bridgehead atoms. The molecule has 2 aliphatic heterocycles. The summed E-state index contributed by atoms with van der Waals surface area (Å²) in [5.41, 5.74) is 3.00. The molecule has 0 aliphatic carbocycles. The van der Waals surface area contributed by atoms with Crippen LogP contribution in [0.3, 0.4) is 0 Å². The summed E-state index contributed by atoms with van der Waals surface area (Å²) >= 11 is 0. The Kier molecular flexibility index (Phi) is 6.71. The van der Waals surface area contributed by atoms with Crippen molar-refractivity contribution in [1.82, 2.24) is 14.9 Å². The second-order valence-electron chi connectivity index (χ2n) is 9.20. The Bertz CT molecular complexity index is 1240. The van der Waals surface area contributed by atoms with Crippen LogP contribution < -0.4 is 14.7 Å². The molecule has 3 heterocycles. The minimum atomic E-state index is -0.363. The quantitative estimate of drug-likeness (QED) is 0.541. The van der Waals surface area contributed by atoms with E-state index in [0.29, 0.717) is 62.9 Å². The Balaban J connectivity index is 1.36. The molecule has 0 atom stereocenters. The number of nitrogens with zero attached hydrogens (tertiary/aromatic N) is 6. The van der Waals surface area contributed by atoms with Crippen LogP contribution in [-0.4, -0.2) is 67.1 Å². The number of benzene rings is 2. The van der Waals surface area contributed by atoms with Crippen molar-refractivity contribution in [3.05, 3.63) is 77.0 Å². The van der Waals surface area contributed by atoms with Crippen molar-refractivity contribution in [3.8, 4) is 0 Å². The molecule has 0 N–H and O–H groups in total. The SMILES string of the molecule is CCN(C)c1nc(N2CCN(c3ccccc3F)CC2)nc2c1CN(C(=O)c1ccc(F)cc1)CC2. The number of rotatable bonds is 5. The average Bonchev–Trinajstić information content (AvgIpc) is 2.92. The zero-order valence-electron chi connectivity index (χ0n) is 20.6. The van der Waals surface area contributed by atoms with Gasteiger partial charge in [-0.05, 0) is 43.3 Å². The number of carbonyl (C=O) groups is 1. The molecular formula is C27H30F2N6O. The monoisotopic (exact) mass is 492 g/mol. The van der Waals surface area contributed by atoms with Crippen LogP contribution in [0.25, 0.3) is 0 Å². The number of halogens is 2. The van der Waals surface area contributed by atoms with Crippen LogP contribution in [-0.2, 0) is 13.0 Å². The predicted octanol–water partition coefficient (Wildman–Crippen LogP) is 3.74. The molecule has 2 aliphatic rings. The lowest BCUT2D eigenvalue weighted by molar-refractivity contribution is 0.0733. The van der Waals surface area contributed by atoms with Crippen molar-refractivity contribution >= 4 is 23.4 Å². The van der Waals surface area contributed by atoms with Gasteiger partial charge in [0.1, 0.15) is 17.5 Å². The Hall–Kier alpha value is -3.75. The number of piperazine rings is 1. The number of hydrogen-bond donors (Lipinski definition) is 0. The minimum absolute atomic E-state index is 0.126. The molecule has 0 spiro atoms. The van der Waals surface area contributed by atoms with E-state index >= 15 is 0 Å². The summed E-state index contributed by atoms with van der Waals surface area (Å²) < 4.78 is 27.6. The Labute approximate surface area is 210 Å². The van der Waals surface area contributed by atoms with E-state index in [-0.39, 0.29) is 17.5 Å². The fourth-order valence-electron chi connectivity index (χ4n) is 4.79. The van der Waals surface area contributed by atoms with Gasteiger partial charge >= 0.3 is 0 Å². The first kappa shape index (κ1) is 24.0. The third-order valence-corrected chi connectivity index (χ3v) is 7.00. The van der Waals surface area contributed by atoms with E-state index in [0.717, 1.165) is 23.6 Å². The molecule has 3 aromatic rings. The van der Waals surface area contributed by atoms with Crippen LogP contribution in [0.4, 0.5) is 26.2 Å². The molecule has 0 radical (unpaired) electrons. The van der Waals surface area contributed by atoms with Crippen molar-refractivity contribution in [2.24, 2.45) is 0 Å². The van der Waals surface area contributed by atoms with Crippen molar-refractivity contribution in [2.45, 2.75) is 19.9 Å². The molecule has 9 heteroatoms. The highest BCUT2D eigenvalue weighted by atomic mass is 19.1. The fourth-order valence-corrected chi connectivity index (χ4v) is 4.79. The Morgan fingerprint density at radius 1 is 0.944 bits per heavy atom. The van der Waals surface area contributed by atoms with Crippen LogP contribution in [0.2, 0.25) is 0 Å². The van der Waals surface area contributed by atoms with Crippen molar-refractivity contribution < 1.29 is 13.6 Å². The van der Waals surface area contributed by atoms with Gasteiger partial charge in [0.2, 0.25) is 5.95 Å². The summed E-state index contributed by atoms with van der Waals surface area (Å²) in [6.45, 7) is 6.51. The topological polar surface area (TPSA) is 55.8 Å². The van der Waals surface area contributed by atoms with Gasteiger partial charge in [-0.25, -0.2) is 13.8 Å². The summed E-state index contributed by atoms with van der Waals surface area (Å²) in [7, 11) is 1.99. The maximum atomic E-state index is 14.2. The lowest BCUT2D eigenvalue weighted by Crippen LogP contribution is -2.47. The molecule has 36 heavy (non-hydrogen) atoms. The van der Waals surface area contributed by atoms with Gasteiger partial charge < -0.3 is 19.6 Å². The maximum absolute atomic E-state index is 14.2. The molecule has 0 saturated carbocycles. The molecule has 1 amide bonds. The van der Waals surface area contributed by atoms with E-state index in [1.54, 1.807) is 11.0 Å². The van der Waals surface area contributed by atoms with Crippen molar-refractivity contribution in [1.29, 1.82) is 0 Å². The summed E-state index contributed by atoms with van der Waals surface area (Å²) in [6.07, 6.45) is 0.623. The molecular weight excluding hydrogens is 462 g/mol. The molecule has 7 nitrogen and oxygen atoms in total. The lowest BCUT2D eigenvalue weighted by atomic mass is 10.0. The van der Waals surface area contributed by atoms with Crippen LogP contribution in [0.5, 0.6) is 0 Å². The second kappa shape index (κ2) is 10.1. The van der Waals surface area contributed by atoms with Gasteiger partial charge in [0.15, 0.2) is 0 Å². The molecule has 0 unspecified atom stereocenters. The molecule has 188 valence electrons. The Morgan fingerprint density at radius 3 is 2.33 bits per heavy atom. The summed E-state index contributed by atoms with van der Waals surface area (Å²) in [4.78, 5) is 31.0. The van der Waals surface area contributed by atoms with E-state index in [1.165, 1.54) is 30.3 Å². The number of carbonyl (C=O) groups excluding carboxylic acids is 1. The third kappa shape index (κ3) is 4.69.